The molecule has 0 saturated carbocycles. The molecule has 0 saturated heterocycles. The topological polar surface area (TPSA) is 63.7 Å². The van der Waals surface area contributed by atoms with Gasteiger partial charge in [-0.15, -0.1) is 0 Å². The molecule has 0 aromatic heterocycles. The van der Waals surface area contributed by atoms with E-state index >= 15 is 0 Å². The summed E-state index contributed by atoms with van der Waals surface area (Å²) in [5.41, 5.74) is 2.39. The zero-order valence-electron chi connectivity index (χ0n) is 15.2. The van der Waals surface area contributed by atoms with Gasteiger partial charge in [-0.25, -0.2) is 4.79 Å². The van der Waals surface area contributed by atoms with Crippen molar-refractivity contribution in [3.8, 4) is 0 Å². The first-order valence-electron chi connectivity index (χ1n) is 8.81. The number of carbonyl (C=O) groups excluding carboxylic acids is 3. The highest BCUT2D eigenvalue weighted by atomic mass is 16.5. The Morgan fingerprint density at radius 1 is 1.00 bits per heavy atom. The van der Waals surface area contributed by atoms with Gasteiger partial charge >= 0.3 is 5.97 Å². The van der Waals surface area contributed by atoms with E-state index in [-0.39, 0.29) is 6.54 Å². The third-order valence-electron chi connectivity index (χ3n) is 4.78. The lowest BCUT2D eigenvalue weighted by Gasteiger charge is -2.19. The van der Waals surface area contributed by atoms with Gasteiger partial charge in [-0.2, -0.15) is 0 Å². The average molecular weight is 371 g/mol. The van der Waals surface area contributed by atoms with Crippen LogP contribution in [0.15, 0.2) is 66.7 Å². The molecule has 4 rings (SSSR count). The van der Waals surface area contributed by atoms with Gasteiger partial charge < -0.3 is 4.74 Å². The molecule has 1 heterocycles. The number of esters is 1. The standard InChI is InChI=1S/C23H17NO4/c1-28-20(25)12-11-17-7-4-8-19-21(17)24(23(27)22(19)26)14-15-9-10-16-5-2-3-6-18(16)13-15/h2-13H,14H2,1H3/b12-11+. The second kappa shape index (κ2) is 7.12. The predicted molar refractivity (Wildman–Crippen MR) is 107 cm³/mol. The summed E-state index contributed by atoms with van der Waals surface area (Å²) in [5.74, 6) is -1.61. The lowest BCUT2D eigenvalue weighted by Crippen LogP contribution is -2.29. The normalized spacial score (nSPS) is 13.4. The van der Waals surface area contributed by atoms with Crippen molar-refractivity contribution in [2.75, 3.05) is 12.0 Å². The molecular formula is C23H17NO4. The number of ketones is 1. The van der Waals surface area contributed by atoms with Crippen LogP contribution in [0.5, 0.6) is 0 Å². The van der Waals surface area contributed by atoms with Crippen LogP contribution in [-0.4, -0.2) is 24.8 Å². The molecule has 0 fully saturated rings. The highest BCUT2D eigenvalue weighted by Crippen LogP contribution is 2.35. The van der Waals surface area contributed by atoms with Crippen molar-refractivity contribution < 1.29 is 19.1 Å². The molecule has 0 aliphatic carbocycles. The third kappa shape index (κ3) is 3.07. The monoisotopic (exact) mass is 371 g/mol. The first-order valence-corrected chi connectivity index (χ1v) is 8.81. The van der Waals surface area contributed by atoms with E-state index in [0.717, 1.165) is 16.3 Å². The van der Waals surface area contributed by atoms with Crippen molar-refractivity contribution in [3.05, 3.63) is 83.4 Å². The number of hydrogen-bond donors (Lipinski definition) is 0. The van der Waals surface area contributed by atoms with Crippen LogP contribution in [-0.2, 0) is 20.9 Å². The molecule has 3 aromatic carbocycles. The SMILES string of the molecule is COC(=O)/C=C/c1cccc2c1N(Cc1ccc3ccccc3c1)C(=O)C2=O. The van der Waals surface area contributed by atoms with E-state index in [1.54, 1.807) is 24.3 Å². The number of ether oxygens (including phenoxy) is 1. The molecule has 0 unspecified atom stereocenters. The van der Waals surface area contributed by atoms with Crippen LogP contribution in [0.2, 0.25) is 0 Å². The van der Waals surface area contributed by atoms with E-state index in [9.17, 15) is 14.4 Å². The van der Waals surface area contributed by atoms with Crippen molar-refractivity contribution in [2.24, 2.45) is 0 Å². The molecule has 0 spiro atoms. The van der Waals surface area contributed by atoms with Gasteiger partial charge in [-0.1, -0.05) is 48.5 Å². The minimum Gasteiger partial charge on any atom is -0.466 e. The van der Waals surface area contributed by atoms with Crippen LogP contribution < -0.4 is 4.90 Å². The molecule has 0 radical (unpaired) electrons. The van der Waals surface area contributed by atoms with Crippen molar-refractivity contribution in [2.45, 2.75) is 6.54 Å². The van der Waals surface area contributed by atoms with Gasteiger partial charge in [-0.05, 0) is 40.1 Å². The van der Waals surface area contributed by atoms with E-state index < -0.39 is 17.7 Å². The molecule has 5 nitrogen and oxygen atoms in total. The summed E-state index contributed by atoms with van der Waals surface area (Å²) < 4.78 is 4.62. The predicted octanol–water partition coefficient (Wildman–Crippen LogP) is 3.76. The number of rotatable bonds is 4. The maximum absolute atomic E-state index is 12.6. The fourth-order valence-corrected chi connectivity index (χ4v) is 3.42. The van der Waals surface area contributed by atoms with Crippen LogP contribution in [0.25, 0.3) is 16.8 Å². The first-order chi connectivity index (χ1) is 13.6. The van der Waals surface area contributed by atoms with Gasteiger partial charge in [0, 0.05) is 6.08 Å². The van der Waals surface area contributed by atoms with Gasteiger partial charge in [0.1, 0.15) is 0 Å². The largest absolute Gasteiger partial charge is 0.466 e. The molecule has 138 valence electrons. The number of para-hydroxylation sites is 1. The summed E-state index contributed by atoms with van der Waals surface area (Å²) in [6.07, 6.45) is 2.83. The second-order valence-electron chi connectivity index (χ2n) is 6.50. The lowest BCUT2D eigenvalue weighted by molar-refractivity contribution is -0.134. The van der Waals surface area contributed by atoms with Crippen molar-refractivity contribution >= 4 is 40.2 Å². The van der Waals surface area contributed by atoms with Gasteiger partial charge in [0.15, 0.2) is 0 Å². The number of nitrogens with zero attached hydrogens (tertiary/aromatic N) is 1. The molecular weight excluding hydrogens is 354 g/mol. The third-order valence-corrected chi connectivity index (χ3v) is 4.78. The first kappa shape index (κ1) is 17.7. The van der Waals surface area contributed by atoms with Gasteiger partial charge in [0.25, 0.3) is 11.7 Å². The Balaban J connectivity index is 1.74. The highest BCUT2D eigenvalue weighted by Gasteiger charge is 2.37. The summed E-state index contributed by atoms with van der Waals surface area (Å²) in [5, 5.41) is 2.18. The Morgan fingerprint density at radius 2 is 1.79 bits per heavy atom. The minimum atomic E-state index is -0.568. The molecule has 28 heavy (non-hydrogen) atoms. The number of hydrogen-bond acceptors (Lipinski definition) is 4. The number of benzene rings is 3. The number of fused-ring (bicyclic) bond motifs is 2. The van der Waals surface area contributed by atoms with Gasteiger partial charge in [-0.3, -0.25) is 14.5 Å². The second-order valence-corrected chi connectivity index (χ2v) is 6.50. The molecule has 1 amide bonds. The Hall–Kier alpha value is -3.73. The molecule has 0 atom stereocenters. The molecule has 1 aliphatic rings. The zero-order chi connectivity index (χ0) is 19.7. The van der Waals surface area contributed by atoms with Crippen molar-refractivity contribution in [1.29, 1.82) is 0 Å². The van der Waals surface area contributed by atoms with Crippen molar-refractivity contribution in [1.82, 2.24) is 0 Å². The fourth-order valence-electron chi connectivity index (χ4n) is 3.42. The summed E-state index contributed by atoms with van der Waals surface area (Å²) in [4.78, 5) is 38.0. The molecule has 0 N–H and O–H groups in total. The minimum absolute atomic E-state index is 0.269. The summed E-state index contributed by atoms with van der Waals surface area (Å²) in [6.45, 7) is 0.269. The Kier molecular flexibility index (Phi) is 4.49. The van der Waals surface area contributed by atoms with Gasteiger partial charge in [0.2, 0.25) is 0 Å². The Labute approximate surface area is 161 Å². The number of carbonyl (C=O) groups is 3. The number of Topliss-reactive ketones (excluding diaryl/α,β-unsaturated/α-hetero) is 1. The lowest BCUT2D eigenvalue weighted by atomic mass is 10.0. The summed E-state index contributed by atoms with van der Waals surface area (Å²) >= 11 is 0. The van der Waals surface area contributed by atoms with E-state index in [1.165, 1.54) is 18.1 Å². The maximum Gasteiger partial charge on any atom is 0.330 e. The van der Waals surface area contributed by atoms with Crippen LogP contribution >= 0.6 is 0 Å². The molecule has 0 bridgehead atoms. The van der Waals surface area contributed by atoms with Gasteiger partial charge in [0.05, 0.1) is 24.9 Å². The Morgan fingerprint density at radius 3 is 2.57 bits per heavy atom. The van der Waals surface area contributed by atoms with E-state index in [2.05, 4.69) is 4.74 Å². The fraction of sp³-hybridized carbons (Fsp3) is 0.0870. The highest BCUT2D eigenvalue weighted by molar-refractivity contribution is 6.52. The quantitative estimate of drug-likeness (QED) is 0.398. The zero-order valence-corrected chi connectivity index (χ0v) is 15.2. The maximum atomic E-state index is 12.6. The van der Waals surface area contributed by atoms with E-state index in [1.807, 2.05) is 42.5 Å². The molecule has 5 heteroatoms. The smallest absolute Gasteiger partial charge is 0.330 e. The number of methoxy groups -OCH3 is 1. The summed E-state index contributed by atoms with van der Waals surface area (Å²) in [6, 6.07) is 19.0. The van der Waals surface area contributed by atoms with Crippen LogP contribution in [0.1, 0.15) is 21.5 Å². The average Bonchev–Trinajstić information content (AvgIpc) is 2.97. The number of amides is 1. The number of anilines is 1. The van der Waals surface area contributed by atoms with Crippen LogP contribution in [0.4, 0.5) is 5.69 Å². The molecule has 3 aromatic rings. The Bertz CT molecular complexity index is 1150. The van der Waals surface area contributed by atoms with E-state index in [4.69, 9.17) is 0 Å². The summed E-state index contributed by atoms with van der Waals surface area (Å²) in [7, 11) is 1.29. The molecule has 1 aliphatic heterocycles. The van der Waals surface area contributed by atoms with Crippen molar-refractivity contribution in [3.63, 3.8) is 0 Å². The van der Waals surface area contributed by atoms with E-state index in [0.29, 0.717) is 16.8 Å². The van der Waals surface area contributed by atoms with Crippen LogP contribution in [0, 0.1) is 0 Å². The van der Waals surface area contributed by atoms with Crippen LogP contribution in [0.3, 0.4) is 0 Å².